The summed E-state index contributed by atoms with van der Waals surface area (Å²) in [5.41, 5.74) is 2.31. The standard InChI is InChI=1S/C23H19F3N2O2/c1-14-9-10-17(11-15(14)2)22(30)27-19-7-3-5-16(12-19)21(29)28-20-8-4-6-18(13-20)23(24,25)26/h3-13H,1-2H3,(H,27,30)(H,28,29). The van der Waals surface area contributed by atoms with Gasteiger partial charge in [-0.15, -0.1) is 0 Å². The Morgan fingerprint density at radius 2 is 1.27 bits per heavy atom. The molecule has 154 valence electrons. The van der Waals surface area contributed by atoms with Crippen LogP contribution in [0.25, 0.3) is 0 Å². The second-order valence-electron chi connectivity index (χ2n) is 6.87. The minimum absolute atomic E-state index is 0.0272. The molecule has 0 bridgehead atoms. The highest BCUT2D eigenvalue weighted by atomic mass is 19.4. The van der Waals surface area contributed by atoms with E-state index in [1.54, 1.807) is 24.3 Å². The highest BCUT2D eigenvalue weighted by Gasteiger charge is 2.30. The number of carbonyl (C=O) groups is 2. The van der Waals surface area contributed by atoms with Crippen LogP contribution in [0.2, 0.25) is 0 Å². The summed E-state index contributed by atoms with van der Waals surface area (Å²) in [6, 6.07) is 15.9. The Labute approximate surface area is 171 Å². The lowest BCUT2D eigenvalue weighted by Gasteiger charge is -2.11. The predicted molar refractivity (Wildman–Crippen MR) is 110 cm³/mol. The van der Waals surface area contributed by atoms with Gasteiger partial charge in [0.2, 0.25) is 0 Å². The Balaban J connectivity index is 1.74. The van der Waals surface area contributed by atoms with Crippen LogP contribution in [0, 0.1) is 13.8 Å². The SMILES string of the molecule is Cc1ccc(C(=O)Nc2cccc(C(=O)Nc3cccc(C(F)(F)F)c3)c2)cc1C. The normalized spacial score (nSPS) is 11.1. The molecule has 0 saturated carbocycles. The smallest absolute Gasteiger partial charge is 0.322 e. The van der Waals surface area contributed by atoms with Gasteiger partial charge in [0.15, 0.2) is 0 Å². The summed E-state index contributed by atoms with van der Waals surface area (Å²) >= 11 is 0. The summed E-state index contributed by atoms with van der Waals surface area (Å²) in [7, 11) is 0. The maximum absolute atomic E-state index is 12.8. The average molecular weight is 412 g/mol. The van der Waals surface area contributed by atoms with Crippen LogP contribution >= 0.6 is 0 Å². The molecule has 0 spiro atoms. The van der Waals surface area contributed by atoms with E-state index in [-0.39, 0.29) is 17.2 Å². The van der Waals surface area contributed by atoms with E-state index in [9.17, 15) is 22.8 Å². The topological polar surface area (TPSA) is 58.2 Å². The molecule has 2 N–H and O–H groups in total. The van der Waals surface area contributed by atoms with Gasteiger partial charge >= 0.3 is 6.18 Å². The van der Waals surface area contributed by atoms with Crippen molar-refractivity contribution in [3.05, 3.63) is 94.5 Å². The van der Waals surface area contributed by atoms with Crippen molar-refractivity contribution in [1.82, 2.24) is 0 Å². The summed E-state index contributed by atoms with van der Waals surface area (Å²) in [6.45, 7) is 3.86. The first-order valence-electron chi connectivity index (χ1n) is 9.11. The number of rotatable bonds is 4. The third-order valence-electron chi connectivity index (χ3n) is 4.60. The zero-order chi connectivity index (χ0) is 21.9. The zero-order valence-corrected chi connectivity index (χ0v) is 16.3. The van der Waals surface area contributed by atoms with Crippen molar-refractivity contribution in [3.8, 4) is 0 Å². The predicted octanol–water partition coefficient (Wildman–Crippen LogP) is 5.83. The second kappa shape index (κ2) is 8.41. The van der Waals surface area contributed by atoms with Crippen LogP contribution < -0.4 is 10.6 Å². The number of halogens is 3. The van der Waals surface area contributed by atoms with Crippen LogP contribution in [0.3, 0.4) is 0 Å². The van der Waals surface area contributed by atoms with Crippen LogP contribution in [-0.4, -0.2) is 11.8 Å². The monoisotopic (exact) mass is 412 g/mol. The number of benzene rings is 3. The number of aryl methyl sites for hydroxylation is 2. The highest BCUT2D eigenvalue weighted by Crippen LogP contribution is 2.30. The van der Waals surface area contributed by atoms with E-state index in [2.05, 4.69) is 10.6 Å². The van der Waals surface area contributed by atoms with E-state index < -0.39 is 17.6 Å². The first-order valence-corrected chi connectivity index (χ1v) is 9.11. The number of anilines is 2. The Kier molecular flexibility index (Phi) is 5.91. The number of hydrogen-bond donors (Lipinski definition) is 2. The molecule has 0 unspecified atom stereocenters. The van der Waals surface area contributed by atoms with Gasteiger partial charge in [-0.1, -0.05) is 18.2 Å². The first kappa shape index (κ1) is 21.1. The molecule has 0 saturated heterocycles. The fourth-order valence-corrected chi connectivity index (χ4v) is 2.80. The van der Waals surface area contributed by atoms with E-state index >= 15 is 0 Å². The van der Waals surface area contributed by atoms with Crippen molar-refractivity contribution >= 4 is 23.2 Å². The maximum Gasteiger partial charge on any atom is 0.416 e. The third kappa shape index (κ3) is 5.05. The molecule has 0 heterocycles. The molecule has 3 aromatic rings. The van der Waals surface area contributed by atoms with Crippen LogP contribution in [0.1, 0.15) is 37.4 Å². The Morgan fingerprint density at radius 1 is 0.700 bits per heavy atom. The summed E-state index contributed by atoms with van der Waals surface area (Å²) in [5.74, 6) is -0.912. The molecular formula is C23H19F3N2O2. The highest BCUT2D eigenvalue weighted by molar-refractivity contribution is 6.07. The fraction of sp³-hybridized carbons (Fsp3) is 0.130. The van der Waals surface area contributed by atoms with Gasteiger partial charge in [-0.3, -0.25) is 9.59 Å². The van der Waals surface area contributed by atoms with E-state index in [1.165, 1.54) is 24.3 Å². The number of carbonyl (C=O) groups excluding carboxylic acids is 2. The lowest BCUT2D eigenvalue weighted by Crippen LogP contribution is -2.15. The van der Waals surface area contributed by atoms with Crippen LogP contribution in [0.15, 0.2) is 66.7 Å². The van der Waals surface area contributed by atoms with Gasteiger partial charge in [0.05, 0.1) is 5.56 Å². The Hall–Kier alpha value is -3.61. The van der Waals surface area contributed by atoms with E-state index in [0.29, 0.717) is 11.3 Å². The van der Waals surface area contributed by atoms with E-state index in [4.69, 9.17) is 0 Å². The van der Waals surface area contributed by atoms with Crippen molar-refractivity contribution in [2.24, 2.45) is 0 Å². The van der Waals surface area contributed by atoms with Crippen LogP contribution in [0.5, 0.6) is 0 Å². The Bertz CT molecular complexity index is 1110. The Morgan fingerprint density at radius 3 is 1.87 bits per heavy atom. The second-order valence-corrected chi connectivity index (χ2v) is 6.87. The summed E-state index contributed by atoms with van der Waals surface area (Å²) in [6.07, 6.45) is -4.50. The zero-order valence-electron chi connectivity index (χ0n) is 16.3. The average Bonchev–Trinajstić information content (AvgIpc) is 2.69. The molecule has 4 nitrogen and oxygen atoms in total. The van der Waals surface area contributed by atoms with E-state index in [1.807, 2.05) is 19.9 Å². The van der Waals surface area contributed by atoms with Crippen molar-refractivity contribution in [1.29, 1.82) is 0 Å². The van der Waals surface area contributed by atoms with Crippen LogP contribution in [-0.2, 0) is 6.18 Å². The largest absolute Gasteiger partial charge is 0.416 e. The van der Waals surface area contributed by atoms with Gasteiger partial charge in [-0.2, -0.15) is 13.2 Å². The molecule has 0 aliphatic carbocycles. The van der Waals surface area contributed by atoms with Crippen molar-refractivity contribution in [2.75, 3.05) is 10.6 Å². The molecule has 0 aliphatic heterocycles. The first-order chi connectivity index (χ1) is 14.1. The molecule has 0 fully saturated rings. The van der Waals surface area contributed by atoms with Crippen molar-refractivity contribution in [3.63, 3.8) is 0 Å². The molecule has 0 aliphatic rings. The number of alkyl halides is 3. The molecule has 0 radical (unpaired) electrons. The van der Waals surface area contributed by atoms with Gasteiger partial charge < -0.3 is 10.6 Å². The molecule has 2 amide bonds. The molecule has 3 aromatic carbocycles. The number of hydrogen-bond acceptors (Lipinski definition) is 2. The van der Waals surface area contributed by atoms with E-state index in [0.717, 1.165) is 23.3 Å². The minimum atomic E-state index is -4.50. The molecule has 0 aromatic heterocycles. The van der Waals surface area contributed by atoms with Crippen LogP contribution in [0.4, 0.5) is 24.5 Å². The maximum atomic E-state index is 12.8. The molecule has 30 heavy (non-hydrogen) atoms. The van der Waals surface area contributed by atoms with Gasteiger partial charge in [0.1, 0.15) is 0 Å². The molecule has 0 atom stereocenters. The lowest BCUT2D eigenvalue weighted by molar-refractivity contribution is -0.137. The minimum Gasteiger partial charge on any atom is -0.322 e. The third-order valence-corrected chi connectivity index (χ3v) is 4.60. The molecule has 3 rings (SSSR count). The van der Waals surface area contributed by atoms with Gasteiger partial charge in [0, 0.05) is 22.5 Å². The van der Waals surface area contributed by atoms with Crippen molar-refractivity contribution in [2.45, 2.75) is 20.0 Å². The van der Waals surface area contributed by atoms with Gasteiger partial charge in [-0.25, -0.2) is 0 Å². The molecular weight excluding hydrogens is 393 g/mol. The van der Waals surface area contributed by atoms with Gasteiger partial charge in [-0.05, 0) is 73.5 Å². The molecule has 7 heteroatoms. The number of nitrogens with one attached hydrogen (secondary N) is 2. The van der Waals surface area contributed by atoms with Crippen molar-refractivity contribution < 1.29 is 22.8 Å². The summed E-state index contributed by atoms with van der Waals surface area (Å²) in [5, 5.41) is 5.17. The summed E-state index contributed by atoms with van der Waals surface area (Å²) in [4.78, 5) is 24.9. The number of amides is 2. The quantitative estimate of drug-likeness (QED) is 0.567. The summed E-state index contributed by atoms with van der Waals surface area (Å²) < 4.78 is 38.5. The fourth-order valence-electron chi connectivity index (χ4n) is 2.80. The van der Waals surface area contributed by atoms with Gasteiger partial charge in [0.25, 0.3) is 11.8 Å². The lowest BCUT2D eigenvalue weighted by atomic mass is 10.1.